The number of carbonyl (C=O) groups excluding carboxylic acids is 3. The van der Waals surface area contributed by atoms with Crippen molar-refractivity contribution in [2.24, 2.45) is 10.8 Å². The molecule has 9 heteroatoms. The summed E-state index contributed by atoms with van der Waals surface area (Å²) in [5.41, 5.74) is -0.648. The molecule has 32 heavy (non-hydrogen) atoms. The minimum atomic E-state index is -0.529. The van der Waals surface area contributed by atoms with E-state index in [4.69, 9.17) is 16.5 Å². The van der Waals surface area contributed by atoms with Crippen molar-refractivity contribution in [3.05, 3.63) is 0 Å². The van der Waals surface area contributed by atoms with Gasteiger partial charge in [0.25, 0.3) is 0 Å². The van der Waals surface area contributed by atoms with E-state index in [0.29, 0.717) is 13.1 Å². The molecule has 0 aliphatic rings. The summed E-state index contributed by atoms with van der Waals surface area (Å²) in [6, 6.07) is -0.0701. The van der Waals surface area contributed by atoms with Crippen LogP contribution in [-0.4, -0.2) is 72.6 Å². The van der Waals surface area contributed by atoms with Crippen LogP contribution in [0.5, 0.6) is 0 Å². The first-order chi connectivity index (χ1) is 14.1. The van der Waals surface area contributed by atoms with E-state index in [1.54, 1.807) is 30.8 Å². The van der Waals surface area contributed by atoms with Gasteiger partial charge in [0.2, 0.25) is 11.8 Å². The largest absolute Gasteiger partial charge is 0.444 e. The van der Waals surface area contributed by atoms with Crippen molar-refractivity contribution in [3.8, 4) is 0 Å². The Morgan fingerprint density at radius 1 is 0.781 bits per heavy atom. The molecule has 2 atom stereocenters. The SMILES string of the molecule is CC(=O)N(C)C[C@@H](NC(=O)OC(C)(C)C)C(C)(C)C.CC(=O)N(C)C[C@@H](NCl)C(C)(C)C. The second-order valence-electron chi connectivity index (χ2n) is 11.4. The molecule has 0 fully saturated rings. The molecule has 0 aromatic rings. The van der Waals surface area contributed by atoms with Crippen molar-refractivity contribution in [1.29, 1.82) is 0 Å². The van der Waals surface area contributed by atoms with Crippen molar-refractivity contribution in [3.63, 3.8) is 0 Å². The predicted molar refractivity (Wildman–Crippen MR) is 131 cm³/mol. The van der Waals surface area contributed by atoms with Gasteiger partial charge < -0.3 is 19.9 Å². The number of ether oxygens (including phenoxy) is 1. The smallest absolute Gasteiger partial charge is 0.407 e. The molecule has 0 aromatic heterocycles. The van der Waals surface area contributed by atoms with Crippen molar-refractivity contribution in [1.82, 2.24) is 20.0 Å². The minimum absolute atomic E-state index is 0.0276. The summed E-state index contributed by atoms with van der Waals surface area (Å²) in [6.07, 6.45) is -0.454. The number of likely N-dealkylation sites (N-methyl/N-ethyl adjacent to an activating group) is 2. The Morgan fingerprint density at radius 3 is 1.38 bits per heavy atom. The highest BCUT2D eigenvalue weighted by Crippen LogP contribution is 2.21. The number of nitrogens with zero attached hydrogens (tertiary/aromatic N) is 2. The zero-order chi connectivity index (χ0) is 26.1. The first-order valence-electron chi connectivity index (χ1n) is 10.9. The van der Waals surface area contributed by atoms with E-state index in [1.165, 1.54) is 6.92 Å². The Labute approximate surface area is 200 Å². The highest BCUT2D eigenvalue weighted by molar-refractivity contribution is 6.13. The number of hydrogen-bond acceptors (Lipinski definition) is 5. The molecular formula is C23H47ClN4O4. The van der Waals surface area contributed by atoms with Gasteiger partial charge in [-0.1, -0.05) is 41.5 Å². The Kier molecular flexibility index (Phi) is 13.5. The fourth-order valence-electron chi connectivity index (χ4n) is 2.26. The quantitative estimate of drug-likeness (QED) is 0.562. The van der Waals surface area contributed by atoms with Gasteiger partial charge in [-0.2, -0.15) is 0 Å². The predicted octanol–water partition coefficient (Wildman–Crippen LogP) is 4.03. The highest BCUT2D eigenvalue weighted by atomic mass is 35.5. The Balaban J connectivity index is 0. The molecule has 0 aliphatic heterocycles. The van der Waals surface area contributed by atoms with E-state index in [0.717, 1.165) is 0 Å². The summed E-state index contributed by atoms with van der Waals surface area (Å²) in [7, 11) is 3.49. The summed E-state index contributed by atoms with van der Waals surface area (Å²) in [6.45, 7) is 21.9. The summed E-state index contributed by atoms with van der Waals surface area (Å²) >= 11 is 5.61. The lowest BCUT2D eigenvalue weighted by Gasteiger charge is -2.34. The highest BCUT2D eigenvalue weighted by Gasteiger charge is 2.30. The molecular weight excluding hydrogens is 432 g/mol. The Bertz CT molecular complexity index is 607. The number of rotatable bonds is 6. The molecule has 0 bridgehead atoms. The molecule has 0 spiro atoms. The van der Waals surface area contributed by atoms with Crippen LogP contribution in [0.15, 0.2) is 0 Å². The van der Waals surface area contributed by atoms with Crippen molar-refractivity contribution in [2.75, 3.05) is 27.2 Å². The monoisotopic (exact) mass is 478 g/mol. The molecule has 3 amide bonds. The van der Waals surface area contributed by atoms with Gasteiger partial charge in [-0.15, -0.1) is 0 Å². The van der Waals surface area contributed by atoms with Crippen molar-refractivity contribution >= 4 is 29.7 Å². The number of nitrogens with one attached hydrogen (secondary N) is 2. The Morgan fingerprint density at radius 2 is 1.12 bits per heavy atom. The van der Waals surface area contributed by atoms with Crippen LogP contribution in [-0.2, 0) is 14.3 Å². The molecule has 0 unspecified atom stereocenters. The van der Waals surface area contributed by atoms with Gasteiger partial charge in [0.1, 0.15) is 5.60 Å². The van der Waals surface area contributed by atoms with Crippen LogP contribution in [0.25, 0.3) is 0 Å². The number of halogens is 1. The summed E-state index contributed by atoms with van der Waals surface area (Å²) in [5, 5.41) is 2.84. The van der Waals surface area contributed by atoms with Gasteiger partial charge >= 0.3 is 6.09 Å². The van der Waals surface area contributed by atoms with Gasteiger partial charge in [0.05, 0.1) is 6.04 Å². The number of alkyl carbamates (subject to hydrolysis) is 1. The van der Waals surface area contributed by atoms with E-state index in [2.05, 4.69) is 30.9 Å². The van der Waals surface area contributed by atoms with Crippen LogP contribution >= 0.6 is 11.8 Å². The first-order valence-corrected chi connectivity index (χ1v) is 11.3. The molecule has 0 saturated heterocycles. The lowest BCUT2D eigenvalue weighted by molar-refractivity contribution is -0.128. The molecule has 190 valence electrons. The zero-order valence-electron chi connectivity index (χ0n) is 22.5. The number of carbonyl (C=O) groups is 3. The van der Waals surface area contributed by atoms with E-state index in [-0.39, 0.29) is 34.7 Å². The third kappa shape index (κ3) is 15.3. The maximum absolute atomic E-state index is 11.8. The number of hydrogen-bond donors (Lipinski definition) is 2. The molecule has 0 heterocycles. The van der Waals surface area contributed by atoms with Crippen LogP contribution in [0.3, 0.4) is 0 Å². The second kappa shape index (κ2) is 13.2. The topological polar surface area (TPSA) is 91.0 Å². The van der Waals surface area contributed by atoms with Crippen molar-refractivity contribution < 1.29 is 19.1 Å². The second-order valence-corrected chi connectivity index (χ2v) is 11.6. The van der Waals surface area contributed by atoms with Crippen LogP contribution in [0.2, 0.25) is 0 Å². The van der Waals surface area contributed by atoms with Crippen LogP contribution < -0.4 is 10.2 Å². The van der Waals surface area contributed by atoms with Crippen LogP contribution in [0.1, 0.15) is 76.2 Å². The standard InChI is InChI=1S/C14H28N2O3.C9H19ClN2O/c1-10(17)16(8)9-11(13(2,3)4)15-12(18)19-14(5,6)7;1-7(13)12(5)6-8(11-10)9(2,3)4/h11H,9H2,1-8H3,(H,15,18);8,11H,6H2,1-5H3/t11-;8-/m11/s1. The van der Waals surface area contributed by atoms with Gasteiger partial charge in [-0.3, -0.25) is 9.59 Å². The average Bonchev–Trinajstić information content (AvgIpc) is 2.55. The average molecular weight is 479 g/mol. The normalized spacial score (nSPS) is 13.8. The van der Waals surface area contributed by atoms with E-state index >= 15 is 0 Å². The lowest BCUT2D eigenvalue weighted by Crippen LogP contribution is -2.51. The fourth-order valence-corrected chi connectivity index (χ4v) is 2.66. The van der Waals surface area contributed by atoms with Gasteiger partial charge in [-0.05, 0) is 43.4 Å². The maximum Gasteiger partial charge on any atom is 0.407 e. The third-order valence-corrected chi connectivity index (χ3v) is 5.16. The fraction of sp³-hybridized carbons (Fsp3) is 0.870. The summed E-state index contributed by atoms with van der Waals surface area (Å²) in [5.74, 6) is 0.0291. The zero-order valence-corrected chi connectivity index (χ0v) is 23.2. The third-order valence-electron chi connectivity index (χ3n) is 4.90. The van der Waals surface area contributed by atoms with E-state index < -0.39 is 11.7 Å². The van der Waals surface area contributed by atoms with E-state index in [9.17, 15) is 14.4 Å². The van der Waals surface area contributed by atoms with Gasteiger partial charge in [-0.25, -0.2) is 9.63 Å². The lowest BCUT2D eigenvalue weighted by atomic mass is 9.86. The van der Waals surface area contributed by atoms with Gasteiger partial charge in [0.15, 0.2) is 0 Å². The van der Waals surface area contributed by atoms with Crippen molar-refractivity contribution in [2.45, 2.75) is 93.8 Å². The number of amides is 3. The molecule has 2 N–H and O–H groups in total. The summed E-state index contributed by atoms with van der Waals surface area (Å²) in [4.78, 5) is 40.1. The molecule has 0 radical (unpaired) electrons. The molecule has 0 aromatic carbocycles. The Hall–Kier alpha value is -1.54. The summed E-state index contributed by atoms with van der Waals surface area (Å²) < 4.78 is 5.25. The molecule has 0 aliphatic carbocycles. The maximum atomic E-state index is 11.8. The molecule has 0 saturated carbocycles. The molecule has 8 nitrogen and oxygen atoms in total. The van der Waals surface area contributed by atoms with Crippen LogP contribution in [0, 0.1) is 10.8 Å². The van der Waals surface area contributed by atoms with E-state index in [1.807, 2.05) is 41.5 Å². The van der Waals surface area contributed by atoms with Crippen LogP contribution in [0.4, 0.5) is 4.79 Å². The van der Waals surface area contributed by atoms with Gasteiger partial charge in [0, 0.05) is 47.1 Å². The first kappa shape index (κ1) is 32.6. The molecule has 0 rings (SSSR count). The minimum Gasteiger partial charge on any atom is -0.444 e.